The fourth-order valence-electron chi connectivity index (χ4n) is 4.81. The highest BCUT2D eigenvalue weighted by Crippen LogP contribution is 2.34. The zero-order valence-electron chi connectivity index (χ0n) is 26.2. The van der Waals surface area contributed by atoms with Crippen molar-refractivity contribution < 1.29 is 22.7 Å². The molecule has 0 saturated carbocycles. The quantitative estimate of drug-likeness (QED) is 0.257. The van der Waals surface area contributed by atoms with E-state index in [1.165, 1.54) is 4.57 Å². The van der Waals surface area contributed by atoms with Crippen LogP contribution in [0.4, 0.5) is 16.6 Å². The van der Waals surface area contributed by atoms with Gasteiger partial charge in [0.1, 0.15) is 17.9 Å². The van der Waals surface area contributed by atoms with Crippen LogP contribution in [0.2, 0.25) is 10.0 Å². The van der Waals surface area contributed by atoms with Crippen LogP contribution in [0.3, 0.4) is 0 Å². The normalized spacial score (nSPS) is 14.9. The standard InChI is InChI=1S/C30H34Cl2N8O6S/c1-30(2,3)46-29(42)34-17-19-15-23(37-38-26(19)45-11-8-40-9-12-47(43,44)13-10-40)35-28-33-16-18-14-20(27(41)39(4)25(18)36-28)24-21(31)6-5-7-22(24)32/h5-7,14-16H,8-13,17H2,1-4H3,(H,34,42)(H,33,35,36,37). The highest BCUT2D eigenvalue weighted by molar-refractivity contribution is 7.91. The first-order valence-corrected chi connectivity index (χ1v) is 17.2. The molecule has 14 nitrogen and oxygen atoms in total. The monoisotopic (exact) mass is 704 g/mol. The number of fused-ring (bicyclic) bond motifs is 1. The lowest BCUT2D eigenvalue weighted by Crippen LogP contribution is -2.42. The first-order chi connectivity index (χ1) is 22.2. The van der Waals surface area contributed by atoms with Gasteiger partial charge >= 0.3 is 6.09 Å². The van der Waals surface area contributed by atoms with Crippen molar-refractivity contribution in [2.24, 2.45) is 7.05 Å². The van der Waals surface area contributed by atoms with E-state index < -0.39 is 21.5 Å². The number of carbonyl (C=O) groups excluding carboxylic acids is 1. The van der Waals surface area contributed by atoms with Crippen LogP contribution in [0.15, 0.2) is 41.3 Å². The third kappa shape index (κ3) is 8.66. The van der Waals surface area contributed by atoms with Gasteiger partial charge in [0.15, 0.2) is 15.7 Å². The number of hydrogen-bond donors (Lipinski definition) is 2. The molecule has 2 N–H and O–H groups in total. The molecule has 5 rings (SSSR count). The molecule has 0 radical (unpaired) electrons. The third-order valence-electron chi connectivity index (χ3n) is 7.16. The second-order valence-corrected chi connectivity index (χ2v) is 15.0. The topological polar surface area (TPSA) is 171 Å². The number of aromatic nitrogens is 5. The number of hydrogen-bond acceptors (Lipinski definition) is 12. The fourth-order valence-corrected chi connectivity index (χ4v) is 6.69. The summed E-state index contributed by atoms with van der Waals surface area (Å²) in [6.45, 7) is 6.86. The molecule has 3 aromatic heterocycles. The first-order valence-electron chi connectivity index (χ1n) is 14.7. The van der Waals surface area contributed by atoms with Gasteiger partial charge in [0, 0.05) is 49.4 Å². The lowest BCUT2D eigenvalue weighted by Gasteiger charge is -2.26. The Balaban J connectivity index is 1.36. The van der Waals surface area contributed by atoms with Gasteiger partial charge in [-0.3, -0.25) is 14.3 Å². The Morgan fingerprint density at radius 1 is 1.09 bits per heavy atom. The Morgan fingerprint density at radius 2 is 1.79 bits per heavy atom. The highest BCUT2D eigenvalue weighted by Gasteiger charge is 2.22. The van der Waals surface area contributed by atoms with Crippen LogP contribution in [-0.2, 0) is 28.2 Å². The minimum absolute atomic E-state index is 0.0108. The maximum atomic E-state index is 13.3. The zero-order valence-corrected chi connectivity index (χ0v) is 28.5. The predicted octanol–water partition coefficient (Wildman–Crippen LogP) is 3.97. The summed E-state index contributed by atoms with van der Waals surface area (Å²) >= 11 is 12.7. The number of nitrogens with zero attached hydrogens (tertiary/aromatic N) is 6. The Labute approximate surface area is 281 Å². The van der Waals surface area contributed by atoms with Crippen molar-refractivity contribution in [1.82, 2.24) is 34.9 Å². The Morgan fingerprint density at radius 3 is 2.47 bits per heavy atom. The van der Waals surface area contributed by atoms with Crippen LogP contribution in [-0.4, -0.2) is 87.5 Å². The van der Waals surface area contributed by atoms with E-state index in [0.717, 1.165) is 0 Å². The van der Waals surface area contributed by atoms with Crippen LogP contribution < -0.4 is 20.9 Å². The van der Waals surface area contributed by atoms with E-state index in [1.807, 2.05) is 4.90 Å². The molecule has 47 heavy (non-hydrogen) atoms. The number of ether oxygens (including phenoxy) is 2. The van der Waals surface area contributed by atoms with Gasteiger partial charge in [0.05, 0.1) is 33.7 Å². The molecule has 1 aliphatic rings. The number of pyridine rings is 1. The molecule has 17 heteroatoms. The van der Waals surface area contributed by atoms with Crippen molar-refractivity contribution in [1.29, 1.82) is 0 Å². The largest absolute Gasteiger partial charge is 0.475 e. The van der Waals surface area contributed by atoms with E-state index >= 15 is 0 Å². The van der Waals surface area contributed by atoms with Crippen LogP contribution >= 0.6 is 23.2 Å². The summed E-state index contributed by atoms with van der Waals surface area (Å²) in [7, 11) is -1.40. The molecule has 1 saturated heterocycles. The summed E-state index contributed by atoms with van der Waals surface area (Å²) in [5.74, 6) is 0.803. The molecule has 250 valence electrons. The molecule has 4 heterocycles. The Kier molecular flexibility index (Phi) is 10.2. The number of aryl methyl sites for hydroxylation is 1. The van der Waals surface area contributed by atoms with Gasteiger partial charge in [-0.1, -0.05) is 29.3 Å². The van der Waals surface area contributed by atoms with E-state index in [2.05, 4.69) is 30.8 Å². The molecule has 0 unspecified atom stereocenters. The molecule has 0 aliphatic carbocycles. The average Bonchev–Trinajstić information content (AvgIpc) is 2.99. The van der Waals surface area contributed by atoms with Crippen LogP contribution in [0.1, 0.15) is 26.3 Å². The lowest BCUT2D eigenvalue weighted by atomic mass is 10.1. The maximum Gasteiger partial charge on any atom is 0.407 e. The van der Waals surface area contributed by atoms with Gasteiger partial charge < -0.3 is 20.1 Å². The number of sulfone groups is 1. The molecule has 0 spiro atoms. The number of halogens is 2. The summed E-state index contributed by atoms with van der Waals surface area (Å²) < 4.78 is 36.1. The number of anilines is 2. The van der Waals surface area contributed by atoms with E-state index in [1.54, 1.807) is 64.3 Å². The van der Waals surface area contributed by atoms with Crippen LogP contribution in [0.5, 0.6) is 5.88 Å². The maximum absolute atomic E-state index is 13.3. The molecule has 1 amide bonds. The summed E-state index contributed by atoms with van der Waals surface area (Å²) in [4.78, 5) is 36.6. The fraction of sp³-hybridized carbons (Fsp3) is 0.400. The predicted molar refractivity (Wildman–Crippen MR) is 179 cm³/mol. The number of carbonyl (C=O) groups is 1. The van der Waals surface area contributed by atoms with Crippen molar-refractivity contribution >= 4 is 61.9 Å². The molecule has 0 bridgehead atoms. The van der Waals surface area contributed by atoms with E-state index in [9.17, 15) is 18.0 Å². The number of rotatable bonds is 9. The third-order valence-corrected chi connectivity index (χ3v) is 9.40. The molecule has 0 atom stereocenters. The second-order valence-electron chi connectivity index (χ2n) is 11.9. The summed E-state index contributed by atoms with van der Waals surface area (Å²) in [5, 5.41) is 15.4. The average molecular weight is 706 g/mol. The molecular weight excluding hydrogens is 671 g/mol. The number of amides is 1. The van der Waals surface area contributed by atoms with Gasteiger partial charge in [-0.05, 0) is 45.0 Å². The molecular formula is C30H34Cl2N8O6S. The van der Waals surface area contributed by atoms with Crippen LogP contribution in [0, 0.1) is 0 Å². The van der Waals surface area contributed by atoms with Gasteiger partial charge in [0.2, 0.25) is 11.8 Å². The Bertz CT molecular complexity index is 1950. The molecule has 1 aliphatic heterocycles. The Hall–Kier alpha value is -4.05. The first kappa shape index (κ1) is 34.3. The molecule has 1 aromatic carbocycles. The minimum atomic E-state index is -2.99. The SMILES string of the molecule is Cn1c(=O)c(-c2c(Cl)cccc2Cl)cc2cnc(Nc3cc(CNC(=O)OC(C)(C)C)c(OCCN4CCS(=O)(=O)CC4)nn3)nc21. The van der Waals surface area contributed by atoms with E-state index in [0.29, 0.717) is 57.4 Å². The highest BCUT2D eigenvalue weighted by atomic mass is 35.5. The zero-order chi connectivity index (χ0) is 33.9. The van der Waals surface area contributed by atoms with Gasteiger partial charge in [-0.15, -0.1) is 10.2 Å². The van der Waals surface area contributed by atoms with E-state index in [4.69, 9.17) is 32.7 Å². The van der Waals surface area contributed by atoms with Crippen molar-refractivity contribution in [2.45, 2.75) is 32.9 Å². The van der Waals surface area contributed by atoms with Crippen molar-refractivity contribution in [3.63, 3.8) is 0 Å². The minimum Gasteiger partial charge on any atom is -0.475 e. The molecule has 4 aromatic rings. The summed E-state index contributed by atoms with van der Waals surface area (Å²) in [5.41, 5.74) is 0.541. The summed E-state index contributed by atoms with van der Waals surface area (Å²) in [6.07, 6.45) is 0.931. The van der Waals surface area contributed by atoms with Crippen LogP contribution in [0.25, 0.3) is 22.2 Å². The number of benzene rings is 1. The van der Waals surface area contributed by atoms with Gasteiger partial charge in [-0.25, -0.2) is 18.2 Å². The van der Waals surface area contributed by atoms with Gasteiger partial charge in [0.25, 0.3) is 5.56 Å². The number of nitrogens with one attached hydrogen (secondary N) is 2. The summed E-state index contributed by atoms with van der Waals surface area (Å²) in [6, 6.07) is 8.29. The van der Waals surface area contributed by atoms with Crippen molar-refractivity contribution in [3.05, 3.63) is 62.5 Å². The second kappa shape index (κ2) is 14.0. The van der Waals surface area contributed by atoms with Crippen molar-refractivity contribution in [2.75, 3.05) is 43.1 Å². The lowest BCUT2D eigenvalue weighted by molar-refractivity contribution is 0.0523. The van der Waals surface area contributed by atoms with Gasteiger partial charge in [-0.2, -0.15) is 4.98 Å². The smallest absolute Gasteiger partial charge is 0.407 e. The van der Waals surface area contributed by atoms with Crippen molar-refractivity contribution in [3.8, 4) is 17.0 Å². The number of alkyl carbamates (subject to hydrolysis) is 1. The van der Waals surface area contributed by atoms with E-state index in [-0.39, 0.29) is 47.9 Å². The molecule has 1 fully saturated rings.